The van der Waals surface area contributed by atoms with Crippen LogP contribution in [0.25, 0.3) is 0 Å². The smallest absolute Gasteiger partial charge is 0.124 e. The third kappa shape index (κ3) is 1.30. The van der Waals surface area contributed by atoms with Gasteiger partial charge in [0.15, 0.2) is 0 Å². The van der Waals surface area contributed by atoms with Crippen LogP contribution in [0.4, 0.5) is 0 Å². The van der Waals surface area contributed by atoms with Crippen LogP contribution in [-0.2, 0) is 4.79 Å². The lowest BCUT2D eigenvalue weighted by Crippen LogP contribution is -2.14. The van der Waals surface area contributed by atoms with Crippen molar-refractivity contribution in [2.24, 2.45) is 11.8 Å². The minimum absolute atomic E-state index is 0.487. The first-order chi connectivity index (χ1) is 4.75. The van der Waals surface area contributed by atoms with Crippen LogP contribution in [0.15, 0.2) is 5.57 Å². The standard InChI is InChI=1S/C9H14O/c1-7-4-3-5-8(2)9(7)6-10/h7-8H,3-5H2,1-2H3/t7-,8-/m0/s1. The monoisotopic (exact) mass is 138 g/mol. The van der Waals surface area contributed by atoms with Gasteiger partial charge in [-0.2, -0.15) is 0 Å². The lowest BCUT2D eigenvalue weighted by atomic mass is 9.79. The quantitative estimate of drug-likeness (QED) is 0.469. The summed E-state index contributed by atoms with van der Waals surface area (Å²) in [6.45, 7) is 4.24. The van der Waals surface area contributed by atoms with E-state index in [1.165, 1.54) is 19.3 Å². The summed E-state index contributed by atoms with van der Waals surface area (Å²) < 4.78 is 0. The summed E-state index contributed by atoms with van der Waals surface area (Å²) in [6, 6.07) is 0. The molecule has 2 atom stereocenters. The van der Waals surface area contributed by atoms with E-state index in [-0.39, 0.29) is 0 Å². The fourth-order valence-corrected chi connectivity index (χ4v) is 1.73. The summed E-state index contributed by atoms with van der Waals surface area (Å²) in [7, 11) is 0. The van der Waals surface area contributed by atoms with Gasteiger partial charge in [0.05, 0.1) is 0 Å². The molecule has 0 aromatic heterocycles. The van der Waals surface area contributed by atoms with Crippen LogP contribution in [-0.4, -0.2) is 5.94 Å². The van der Waals surface area contributed by atoms with Crippen molar-refractivity contribution >= 4 is 5.94 Å². The Morgan fingerprint density at radius 2 is 1.80 bits per heavy atom. The number of carbonyl (C=O) groups excluding carboxylic acids is 1. The van der Waals surface area contributed by atoms with Gasteiger partial charge >= 0.3 is 0 Å². The molecule has 0 aromatic carbocycles. The van der Waals surface area contributed by atoms with E-state index in [1.807, 2.05) is 0 Å². The lowest BCUT2D eigenvalue weighted by molar-refractivity contribution is 0.405. The topological polar surface area (TPSA) is 17.1 Å². The van der Waals surface area contributed by atoms with Crippen molar-refractivity contribution in [1.82, 2.24) is 0 Å². The predicted molar refractivity (Wildman–Crippen MR) is 41.4 cm³/mol. The van der Waals surface area contributed by atoms with Gasteiger partial charge in [-0.15, -0.1) is 0 Å². The largest absolute Gasteiger partial charge is 0.234 e. The van der Waals surface area contributed by atoms with E-state index >= 15 is 0 Å². The molecule has 0 N–H and O–H groups in total. The Bertz CT molecular complexity index is 154. The van der Waals surface area contributed by atoms with Gasteiger partial charge in [-0.1, -0.05) is 20.3 Å². The van der Waals surface area contributed by atoms with Crippen LogP contribution < -0.4 is 0 Å². The molecule has 1 rings (SSSR count). The van der Waals surface area contributed by atoms with E-state index in [1.54, 1.807) is 0 Å². The highest BCUT2D eigenvalue weighted by atomic mass is 16.1. The van der Waals surface area contributed by atoms with Crippen molar-refractivity contribution in [3.8, 4) is 0 Å². The van der Waals surface area contributed by atoms with Gasteiger partial charge in [0.25, 0.3) is 0 Å². The van der Waals surface area contributed by atoms with Crippen molar-refractivity contribution in [3.63, 3.8) is 0 Å². The zero-order valence-electron chi connectivity index (χ0n) is 6.68. The van der Waals surface area contributed by atoms with Crippen molar-refractivity contribution in [2.75, 3.05) is 0 Å². The van der Waals surface area contributed by atoms with Crippen LogP contribution in [0.1, 0.15) is 33.1 Å². The zero-order valence-corrected chi connectivity index (χ0v) is 6.68. The van der Waals surface area contributed by atoms with E-state index in [2.05, 4.69) is 19.8 Å². The molecule has 0 spiro atoms. The lowest BCUT2D eigenvalue weighted by Gasteiger charge is -2.24. The molecule has 0 radical (unpaired) electrons. The Labute approximate surface area is 62.1 Å². The molecule has 1 saturated carbocycles. The van der Waals surface area contributed by atoms with Gasteiger partial charge in [0.1, 0.15) is 5.94 Å². The van der Waals surface area contributed by atoms with E-state index in [4.69, 9.17) is 0 Å². The van der Waals surface area contributed by atoms with Crippen molar-refractivity contribution in [3.05, 3.63) is 5.57 Å². The van der Waals surface area contributed by atoms with Crippen LogP contribution >= 0.6 is 0 Å². The van der Waals surface area contributed by atoms with E-state index in [0.29, 0.717) is 11.8 Å². The molecule has 0 unspecified atom stereocenters. The summed E-state index contributed by atoms with van der Waals surface area (Å²) in [5.74, 6) is 3.04. The average molecular weight is 138 g/mol. The molecule has 0 amide bonds. The van der Waals surface area contributed by atoms with Gasteiger partial charge in [-0.3, -0.25) is 0 Å². The minimum Gasteiger partial charge on any atom is -0.234 e. The molecule has 1 nitrogen and oxygen atoms in total. The molecule has 1 fully saturated rings. The van der Waals surface area contributed by atoms with E-state index < -0.39 is 0 Å². The summed E-state index contributed by atoms with van der Waals surface area (Å²) in [6.07, 6.45) is 3.62. The maximum absolute atomic E-state index is 10.4. The second-order valence-electron chi connectivity index (χ2n) is 3.29. The van der Waals surface area contributed by atoms with Crippen molar-refractivity contribution in [2.45, 2.75) is 33.1 Å². The second-order valence-corrected chi connectivity index (χ2v) is 3.29. The molecule has 1 aliphatic carbocycles. The number of hydrogen-bond acceptors (Lipinski definition) is 1. The van der Waals surface area contributed by atoms with Crippen LogP contribution in [0.2, 0.25) is 0 Å². The fraction of sp³-hybridized carbons (Fsp3) is 0.778. The second kappa shape index (κ2) is 3.03. The summed E-state index contributed by atoms with van der Waals surface area (Å²) in [5, 5.41) is 0. The number of allylic oxidation sites excluding steroid dienone is 1. The Morgan fingerprint density at radius 1 is 1.30 bits per heavy atom. The summed E-state index contributed by atoms with van der Waals surface area (Å²) >= 11 is 0. The Balaban J connectivity index is 2.72. The molecule has 1 heteroatoms. The molecule has 0 heterocycles. The van der Waals surface area contributed by atoms with Crippen molar-refractivity contribution in [1.29, 1.82) is 0 Å². The summed E-state index contributed by atoms with van der Waals surface area (Å²) in [4.78, 5) is 10.4. The fourth-order valence-electron chi connectivity index (χ4n) is 1.73. The molecule has 0 saturated heterocycles. The SMILES string of the molecule is C[C@H]1CCC[C@H](C)C1=C=O. The third-order valence-electron chi connectivity index (χ3n) is 2.45. The van der Waals surface area contributed by atoms with Crippen LogP contribution in [0.5, 0.6) is 0 Å². The maximum atomic E-state index is 10.4. The number of rotatable bonds is 0. The normalized spacial score (nSPS) is 33.6. The Hall–Kier alpha value is -0.550. The number of hydrogen-bond donors (Lipinski definition) is 0. The molecule has 56 valence electrons. The maximum Gasteiger partial charge on any atom is 0.124 e. The molecule has 10 heavy (non-hydrogen) atoms. The van der Waals surface area contributed by atoms with Crippen molar-refractivity contribution < 1.29 is 4.79 Å². The first kappa shape index (κ1) is 7.56. The molecule has 1 aliphatic rings. The van der Waals surface area contributed by atoms with E-state index in [0.717, 1.165) is 5.57 Å². The zero-order chi connectivity index (χ0) is 7.56. The van der Waals surface area contributed by atoms with Crippen LogP contribution in [0, 0.1) is 11.8 Å². The van der Waals surface area contributed by atoms with Gasteiger partial charge in [0, 0.05) is 5.57 Å². The van der Waals surface area contributed by atoms with Gasteiger partial charge in [-0.25, -0.2) is 4.79 Å². The Morgan fingerprint density at radius 3 is 2.10 bits per heavy atom. The van der Waals surface area contributed by atoms with Gasteiger partial charge < -0.3 is 0 Å². The molecular weight excluding hydrogens is 124 g/mol. The molecular formula is C9H14O. The highest BCUT2D eigenvalue weighted by Crippen LogP contribution is 2.31. The molecule has 0 aromatic rings. The highest BCUT2D eigenvalue weighted by Gasteiger charge is 2.21. The first-order valence-corrected chi connectivity index (χ1v) is 4.00. The molecule has 0 aliphatic heterocycles. The van der Waals surface area contributed by atoms with E-state index in [9.17, 15) is 4.79 Å². The Kier molecular flexibility index (Phi) is 2.29. The average Bonchev–Trinajstić information content (AvgIpc) is 1.88. The third-order valence-corrected chi connectivity index (χ3v) is 2.45. The van der Waals surface area contributed by atoms with Gasteiger partial charge in [-0.05, 0) is 24.7 Å². The predicted octanol–water partition coefficient (Wildman–Crippen LogP) is 2.20. The summed E-state index contributed by atoms with van der Waals surface area (Å²) in [5.41, 5.74) is 1.01. The highest BCUT2D eigenvalue weighted by molar-refractivity contribution is 5.54. The molecule has 0 bridgehead atoms. The minimum atomic E-state index is 0.487. The van der Waals surface area contributed by atoms with Crippen LogP contribution in [0.3, 0.4) is 0 Å². The first-order valence-electron chi connectivity index (χ1n) is 4.00. The van der Waals surface area contributed by atoms with Gasteiger partial charge in [0.2, 0.25) is 0 Å².